The van der Waals surface area contributed by atoms with Crippen molar-refractivity contribution in [1.82, 2.24) is 10.7 Å². The lowest BCUT2D eigenvalue weighted by Crippen LogP contribution is -2.30. The van der Waals surface area contributed by atoms with E-state index in [1.807, 2.05) is 0 Å². The van der Waals surface area contributed by atoms with Gasteiger partial charge in [0.25, 0.3) is 0 Å². The molecule has 2 rings (SSSR count). The molecule has 0 spiro atoms. The number of phenolic OH excluding ortho intramolecular Hbond substituents is 1. The highest BCUT2D eigenvalue weighted by Gasteiger charge is 2.03. The predicted molar refractivity (Wildman–Crippen MR) is 65.7 cm³/mol. The number of hydrogen-bond acceptors (Lipinski definition) is 6. The Labute approximate surface area is 99.0 Å². The summed E-state index contributed by atoms with van der Waals surface area (Å²) in [6.45, 7) is 1.57. The third-order valence-electron chi connectivity index (χ3n) is 2.28. The Hall–Kier alpha value is -2.24. The average molecular weight is 234 g/mol. The second-order valence-corrected chi connectivity index (χ2v) is 3.45. The smallest absolute Gasteiger partial charge is 0.212 e. The van der Waals surface area contributed by atoms with Crippen LogP contribution in [0.1, 0.15) is 5.56 Å². The maximum absolute atomic E-state index is 9.60. The summed E-state index contributed by atoms with van der Waals surface area (Å²) in [6, 6.07) is 4.94. The minimum Gasteiger partial charge on any atom is -0.507 e. The summed E-state index contributed by atoms with van der Waals surface area (Å²) < 4.78 is 5.06. The molecule has 0 fully saturated rings. The number of aromatic hydroxyl groups is 1. The van der Waals surface area contributed by atoms with E-state index in [2.05, 4.69) is 20.8 Å². The number of ether oxygens (including phenoxy) is 1. The first-order chi connectivity index (χ1) is 8.29. The summed E-state index contributed by atoms with van der Waals surface area (Å²) in [5, 5.41) is 16.6. The van der Waals surface area contributed by atoms with Crippen LogP contribution in [-0.2, 0) is 0 Å². The van der Waals surface area contributed by atoms with Crippen molar-refractivity contribution in [2.75, 3.05) is 20.2 Å². The number of nitrogens with zero attached hydrogens (tertiary/aromatic N) is 2. The van der Waals surface area contributed by atoms with Gasteiger partial charge in [-0.1, -0.05) is 0 Å². The fourth-order valence-corrected chi connectivity index (χ4v) is 1.40. The number of aliphatic imine (C=N–C) groups is 1. The normalized spacial score (nSPS) is 14.5. The van der Waals surface area contributed by atoms with Crippen LogP contribution in [0.3, 0.4) is 0 Å². The summed E-state index contributed by atoms with van der Waals surface area (Å²) in [7, 11) is 1.57. The molecule has 0 saturated heterocycles. The van der Waals surface area contributed by atoms with E-state index in [9.17, 15) is 5.11 Å². The molecule has 90 valence electrons. The first-order valence-electron chi connectivity index (χ1n) is 5.24. The first kappa shape index (κ1) is 11.3. The highest BCUT2D eigenvalue weighted by atomic mass is 16.5. The largest absolute Gasteiger partial charge is 0.507 e. The molecule has 0 bridgehead atoms. The molecule has 6 heteroatoms. The summed E-state index contributed by atoms with van der Waals surface area (Å²) in [4.78, 5) is 4.12. The Morgan fingerprint density at radius 1 is 1.59 bits per heavy atom. The molecule has 1 heterocycles. The maximum Gasteiger partial charge on any atom is 0.212 e. The Kier molecular flexibility index (Phi) is 3.44. The van der Waals surface area contributed by atoms with E-state index in [4.69, 9.17) is 4.74 Å². The molecule has 1 aliphatic heterocycles. The quantitative estimate of drug-likeness (QED) is 0.518. The standard InChI is InChI=1S/C11H14N4O2/c1-17-9-2-3-10(16)8(6-9)7-14-15-11-12-4-5-13-11/h2-3,6-7,16H,4-5H2,1H3,(H2,12,13,15)/b14-7+. The first-order valence-corrected chi connectivity index (χ1v) is 5.24. The molecule has 17 heavy (non-hydrogen) atoms. The maximum atomic E-state index is 9.60. The van der Waals surface area contributed by atoms with E-state index in [0.29, 0.717) is 17.3 Å². The van der Waals surface area contributed by atoms with Crippen molar-refractivity contribution in [3.05, 3.63) is 23.8 Å². The number of benzene rings is 1. The van der Waals surface area contributed by atoms with Crippen LogP contribution >= 0.6 is 0 Å². The van der Waals surface area contributed by atoms with Crippen LogP contribution in [0.2, 0.25) is 0 Å². The van der Waals surface area contributed by atoms with Crippen molar-refractivity contribution in [1.29, 1.82) is 0 Å². The molecule has 0 amide bonds. The molecule has 0 saturated carbocycles. The Balaban J connectivity index is 2.03. The van der Waals surface area contributed by atoms with Gasteiger partial charge in [0.1, 0.15) is 11.5 Å². The molecule has 0 radical (unpaired) electrons. The number of nitrogens with one attached hydrogen (secondary N) is 2. The number of phenols is 1. The van der Waals surface area contributed by atoms with E-state index < -0.39 is 0 Å². The molecule has 0 aliphatic carbocycles. The molecule has 6 nitrogen and oxygen atoms in total. The van der Waals surface area contributed by atoms with Crippen LogP contribution < -0.4 is 15.5 Å². The van der Waals surface area contributed by atoms with Crippen LogP contribution in [0.25, 0.3) is 0 Å². The molecule has 0 aromatic heterocycles. The minimum absolute atomic E-state index is 0.151. The van der Waals surface area contributed by atoms with Gasteiger partial charge < -0.3 is 15.2 Å². The molecule has 0 atom stereocenters. The van der Waals surface area contributed by atoms with Crippen molar-refractivity contribution in [3.8, 4) is 11.5 Å². The summed E-state index contributed by atoms with van der Waals surface area (Å²) >= 11 is 0. The molecule has 0 unspecified atom stereocenters. The summed E-state index contributed by atoms with van der Waals surface area (Å²) in [6.07, 6.45) is 1.51. The Bertz CT molecular complexity index is 457. The van der Waals surface area contributed by atoms with E-state index in [0.717, 1.165) is 13.1 Å². The van der Waals surface area contributed by atoms with Crippen LogP contribution in [0.4, 0.5) is 0 Å². The van der Waals surface area contributed by atoms with Crippen molar-refractivity contribution in [2.24, 2.45) is 10.1 Å². The second kappa shape index (κ2) is 5.20. The third kappa shape index (κ3) is 2.87. The van der Waals surface area contributed by atoms with Gasteiger partial charge in [-0.3, -0.25) is 0 Å². The van der Waals surface area contributed by atoms with E-state index in [1.54, 1.807) is 25.3 Å². The lowest BCUT2D eigenvalue weighted by atomic mass is 10.2. The van der Waals surface area contributed by atoms with E-state index in [-0.39, 0.29) is 5.75 Å². The second-order valence-electron chi connectivity index (χ2n) is 3.45. The molecule has 1 aromatic carbocycles. The zero-order valence-corrected chi connectivity index (χ0v) is 9.47. The fourth-order valence-electron chi connectivity index (χ4n) is 1.40. The van der Waals surface area contributed by atoms with Gasteiger partial charge in [-0.2, -0.15) is 5.10 Å². The van der Waals surface area contributed by atoms with Gasteiger partial charge in [-0.25, -0.2) is 10.4 Å². The van der Waals surface area contributed by atoms with Crippen molar-refractivity contribution in [2.45, 2.75) is 0 Å². The van der Waals surface area contributed by atoms with Gasteiger partial charge in [0.15, 0.2) is 0 Å². The number of rotatable bonds is 3. The van der Waals surface area contributed by atoms with Gasteiger partial charge in [0.2, 0.25) is 5.96 Å². The van der Waals surface area contributed by atoms with Crippen LogP contribution in [-0.4, -0.2) is 37.5 Å². The lowest BCUT2D eigenvalue weighted by molar-refractivity contribution is 0.412. The highest BCUT2D eigenvalue weighted by molar-refractivity contribution is 5.86. The SMILES string of the molecule is COc1ccc(O)c(/C=N/NC2=NCCN2)c1. The predicted octanol–water partition coefficient (Wildman–Crippen LogP) is 0.283. The number of hydrogen-bond donors (Lipinski definition) is 3. The Morgan fingerprint density at radius 3 is 3.18 bits per heavy atom. The lowest BCUT2D eigenvalue weighted by Gasteiger charge is -2.03. The zero-order chi connectivity index (χ0) is 12.1. The molecule has 3 N–H and O–H groups in total. The number of hydrazone groups is 1. The minimum atomic E-state index is 0.151. The van der Waals surface area contributed by atoms with E-state index in [1.165, 1.54) is 6.21 Å². The number of methoxy groups -OCH3 is 1. The van der Waals surface area contributed by atoms with Gasteiger partial charge in [0, 0.05) is 12.1 Å². The van der Waals surface area contributed by atoms with Crippen LogP contribution in [0.15, 0.2) is 28.3 Å². The molecular formula is C11H14N4O2. The van der Waals surface area contributed by atoms with Crippen molar-refractivity contribution >= 4 is 12.2 Å². The van der Waals surface area contributed by atoms with Gasteiger partial charge in [-0.05, 0) is 18.2 Å². The number of guanidine groups is 1. The van der Waals surface area contributed by atoms with Crippen molar-refractivity contribution < 1.29 is 9.84 Å². The highest BCUT2D eigenvalue weighted by Crippen LogP contribution is 2.20. The monoisotopic (exact) mass is 234 g/mol. The van der Waals surface area contributed by atoms with Crippen molar-refractivity contribution in [3.63, 3.8) is 0 Å². The van der Waals surface area contributed by atoms with Crippen LogP contribution in [0, 0.1) is 0 Å². The zero-order valence-electron chi connectivity index (χ0n) is 9.47. The molecule has 1 aliphatic rings. The Morgan fingerprint density at radius 2 is 2.47 bits per heavy atom. The third-order valence-corrected chi connectivity index (χ3v) is 2.28. The molecule has 1 aromatic rings. The van der Waals surface area contributed by atoms with Gasteiger partial charge in [0.05, 0.1) is 19.9 Å². The van der Waals surface area contributed by atoms with Crippen LogP contribution in [0.5, 0.6) is 11.5 Å². The topological polar surface area (TPSA) is 78.2 Å². The van der Waals surface area contributed by atoms with Gasteiger partial charge in [-0.15, -0.1) is 0 Å². The summed E-state index contributed by atoms with van der Waals surface area (Å²) in [5.74, 6) is 1.46. The van der Waals surface area contributed by atoms with Gasteiger partial charge >= 0.3 is 0 Å². The van der Waals surface area contributed by atoms with E-state index >= 15 is 0 Å². The fraction of sp³-hybridized carbons (Fsp3) is 0.273. The summed E-state index contributed by atoms with van der Waals surface area (Å²) in [5.41, 5.74) is 3.33. The average Bonchev–Trinajstić information content (AvgIpc) is 2.84. The molecular weight excluding hydrogens is 220 g/mol.